The summed E-state index contributed by atoms with van der Waals surface area (Å²) < 4.78 is 5.79. The summed E-state index contributed by atoms with van der Waals surface area (Å²) in [6, 6.07) is 23.5. The molecule has 0 aliphatic heterocycles. The number of fused-ring (bicyclic) bond motifs is 2. The number of benzene rings is 2. The van der Waals surface area contributed by atoms with Crippen LogP contribution in [0.4, 0.5) is 5.82 Å². The number of para-hydroxylation sites is 3. The monoisotopic (exact) mass is 385 g/mol. The number of hydrogen-bond acceptors (Lipinski definition) is 6. The highest BCUT2D eigenvalue weighted by molar-refractivity contribution is 7.99. The molecule has 0 bridgehead atoms. The molecule has 0 unspecified atom stereocenters. The second-order valence-corrected chi connectivity index (χ2v) is 7.07. The number of hydrazone groups is 1. The number of nitrogens with one attached hydrogen (secondary N) is 2. The van der Waals surface area contributed by atoms with E-state index in [4.69, 9.17) is 4.42 Å². The second kappa shape index (κ2) is 7.21. The fourth-order valence-electron chi connectivity index (χ4n) is 2.82. The van der Waals surface area contributed by atoms with Crippen LogP contribution in [0.5, 0.6) is 0 Å². The van der Waals surface area contributed by atoms with Crippen molar-refractivity contribution in [2.75, 3.05) is 5.43 Å². The van der Waals surface area contributed by atoms with Gasteiger partial charge in [-0.05, 0) is 54.2 Å². The summed E-state index contributed by atoms with van der Waals surface area (Å²) in [5.41, 5.74) is 5.80. The third-order valence-corrected chi connectivity index (χ3v) is 4.94. The number of nitrogens with zero attached hydrogens (tertiary/aromatic N) is 3. The minimum absolute atomic E-state index is 0.645. The van der Waals surface area contributed by atoms with Crippen LogP contribution in [-0.2, 0) is 0 Å². The van der Waals surface area contributed by atoms with Gasteiger partial charge in [0.1, 0.15) is 11.6 Å². The van der Waals surface area contributed by atoms with E-state index in [-0.39, 0.29) is 0 Å². The Morgan fingerprint density at radius 2 is 1.75 bits per heavy atom. The van der Waals surface area contributed by atoms with Gasteiger partial charge in [0, 0.05) is 5.39 Å². The molecule has 2 aromatic carbocycles. The Hall–Kier alpha value is -3.58. The Morgan fingerprint density at radius 1 is 0.893 bits per heavy atom. The highest BCUT2D eigenvalue weighted by Crippen LogP contribution is 2.28. The molecule has 0 spiro atoms. The summed E-state index contributed by atoms with van der Waals surface area (Å²) in [4.78, 5) is 12.3. The van der Waals surface area contributed by atoms with Crippen LogP contribution >= 0.6 is 11.8 Å². The van der Waals surface area contributed by atoms with Crippen LogP contribution in [0, 0.1) is 0 Å². The van der Waals surface area contributed by atoms with Crippen molar-refractivity contribution in [3.05, 3.63) is 78.6 Å². The molecule has 0 aliphatic carbocycles. The van der Waals surface area contributed by atoms with E-state index in [1.807, 2.05) is 72.8 Å². The van der Waals surface area contributed by atoms with Gasteiger partial charge in [-0.1, -0.05) is 30.3 Å². The number of pyridine rings is 1. The number of furan rings is 1. The van der Waals surface area contributed by atoms with Gasteiger partial charge in [-0.2, -0.15) is 5.10 Å². The number of rotatable bonds is 5. The third kappa shape index (κ3) is 3.47. The average Bonchev–Trinajstić information content (AvgIpc) is 3.34. The van der Waals surface area contributed by atoms with E-state index in [0.717, 1.165) is 32.2 Å². The Labute approximate surface area is 164 Å². The molecule has 0 saturated carbocycles. The van der Waals surface area contributed by atoms with Crippen molar-refractivity contribution in [3.8, 4) is 0 Å². The van der Waals surface area contributed by atoms with Crippen LogP contribution in [0.15, 0.2) is 92.6 Å². The number of anilines is 1. The van der Waals surface area contributed by atoms with E-state index < -0.39 is 0 Å². The lowest BCUT2D eigenvalue weighted by molar-refractivity contribution is 0.468. The van der Waals surface area contributed by atoms with Gasteiger partial charge in [0.25, 0.3) is 0 Å². The quantitative estimate of drug-likeness (QED) is 0.317. The van der Waals surface area contributed by atoms with Crippen molar-refractivity contribution in [1.82, 2.24) is 15.0 Å². The molecule has 7 heteroatoms. The first-order chi connectivity index (χ1) is 13.8. The molecule has 0 aliphatic rings. The molecule has 2 N–H and O–H groups in total. The third-order valence-electron chi connectivity index (χ3n) is 4.14. The molecule has 3 aromatic heterocycles. The van der Waals surface area contributed by atoms with Gasteiger partial charge in [0.05, 0.1) is 22.8 Å². The lowest BCUT2D eigenvalue weighted by atomic mass is 10.2. The Kier molecular flexibility index (Phi) is 4.27. The molecule has 136 valence electrons. The van der Waals surface area contributed by atoms with Gasteiger partial charge >= 0.3 is 0 Å². The smallest absolute Gasteiger partial charge is 0.174 e. The molecule has 28 heavy (non-hydrogen) atoms. The topological polar surface area (TPSA) is 79.1 Å². The lowest BCUT2D eigenvalue weighted by Gasteiger charge is -2.01. The maximum Gasteiger partial charge on any atom is 0.174 e. The van der Waals surface area contributed by atoms with Crippen LogP contribution in [0.1, 0.15) is 5.76 Å². The minimum Gasteiger partial charge on any atom is -0.448 e. The van der Waals surface area contributed by atoms with Crippen molar-refractivity contribution < 1.29 is 4.42 Å². The van der Waals surface area contributed by atoms with E-state index in [2.05, 4.69) is 25.5 Å². The van der Waals surface area contributed by atoms with Crippen LogP contribution in [-0.4, -0.2) is 21.2 Å². The minimum atomic E-state index is 0.645. The predicted molar refractivity (Wildman–Crippen MR) is 112 cm³/mol. The van der Waals surface area contributed by atoms with Crippen LogP contribution in [0.25, 0.3) is 21.9 Å². The molecule has 0 atom stereocenters. The lowest BCUT2D eigenvalue weighted by Crippen LogP contribution is -1.93. The van der Waals surface area contributed by atoms with Crippen LogP contribution < -0.4 is 5.43 Å². The molecule has 3 heterocycles. The number of aromatic amines is 1. The normalized spacial score (nSPS) is 11.6. The van der Waals surface area contributed by atoms with E-state index in [1.165, 1.54) is 11.8 Å². The molecule has 0 amide bonds. The molecular weight excluding hydrogens is 370 g/mol. The summed E-state index contributed by atoms with van der Waals surface area (Å²) in [6.07, 6.45) is 1.62. The Balaban J connectivity index is 1.26. The van der Waals surface area contributed by atoms with Crippen LogP contribution in [0.2, 0.25) is 0 Å². The van der Waals surface area contributed by atoms with E-state index >= 15 is 0 Å². The fourth-order valence-corrected chi connectivity index (χ4v) is 3.59. The summed E-state index contributed by atoms with van der Waals surface area (Å²) in [6.45, 7) is 0. The highest BCUT2D eigenvalue weighted by Gasteiger charge is 2.07. The standard InChI is InChI=1S/C21H15N5OS/c1-2-6-16-14(5-1)9-11-19(23-16)26-22-13-15-10-12-20(27-15)28-21-24-17-7-3-4-8-18(17)25-21/h1-13H,(H,23,26)(H,24,25)/b22-13-. The van der Waals surface area contributed by atoms with Crippen molar-refractivity contribution in [1.29, 1.82) is 0 Å². The first-order valence-corrected chi connectivity index (χ1v) is 9.52. The number of H-pyrrole nitrogens is 1. The van der Waals surface area contributed by atoms with Crippen molar-refractivity contribution in [2.24, 2.45) is 5.10 Å². The zero-order valence-electron chi connectivity index (χ0n) is 14.7. The summed E-state index contributed by atoms with van der Waals surface area (Å²) in [5.74, 6) is 1.32. The number of aromatic nitrogens is 3. The number of imidazole rings is 1. The first-order valence-electron chi connectivity index (χ1n) is 8.71. The van der Waals surface area contributed by atoms with Gasteiger partial charge in [0.15, 0.2) is 10.2 Å². The van der Waals surface area contributed by atoms with E-state index in [0.29, 0.717) is 11.6 Å². The maximum atomic E-state index is 5.79. The largest absolute Gasteiger partial charge is 0.448 e. The first kappa shape index (κ1) is 16.6. The highest BCUT2D eigenvalue weighted by atomic mass is 32.2. The Morgan fingerprint density at radius 3 is 2.68 bits per heavy atom. The van der Waals surface area contributed by atoms with Crippen molar-refractivity contribution in [3.63, 3.8) is 0 Å². The summed E-state index contributed by atoms with van der Waals surface area (Å²) >= 11 is 1.44. The average molecular weight is 385 g/mol. The molecule has 5 rings (SSSR count). The van der Waals surface area contributed by atoms with E-state index in [9.17, 15) is 0 Å². The molecule has 6 nitrogen and oxygen atoms in total. The predicted octanol–water partition coefficient (Wildman–Crippen LogP) is 5.30. The fraction of sp³-hybridized carbons (Fsp3) is 0. The second-order valence-electron chi connectivity index (χ2n) is 6.08. The molecule has 5 aromatic rings. The van der Waals surface area contributed by atoms with Gasteiger partial charge in [0.2, 0.25) is 0 Å². The van der Waals surface area contributed by atoms with Crippen LogP contribution in [0.3, 0.4) is 0 Å². The van der Waals surface area contributed by atoms with E-state index in [1.54, 1.807) is 6.21 Å². The van der Waals surface area contributed by atoms with Gasteiger partial charge in [-0.25, -0.2) is 9.97 Å². The van der Waals surface area contributed by atoms with Gasteiger partial charge in [-0.3, -0.25) is 5.43 Å². The Bertz CT molecular complexity index is 1260. The summed E-state index contributed by atoms with van der Waals surface area (Å²) in [5, 5.41) is 6.83. The zero-order chi connectivity index (χ0) is 18.8. The maximum absolute atomic E-state index is 5.79. The van der Waals surface area contributed by atoms with Crippen molar-refractivity contribution in [2.45, 2.75) is 10.2 Å². The number of hydrogen-bond donors (Lipinski definition) is 2. The van der Waals surface area contributed by atoms with Gasteiger partial charge < -0.3 is 9.40 Å². The van der Waals surface area contributed by atoms with Gasteiger partial charge in [-0.15, -0.1) is 0 Å². The molecular formula is C21H15N5OS. The van der Waals surface area contributed by atoms with Crippen molar-refractivity contribution >= 4 is 45.7 Å². The molecule has 0 saturated heterocycles. The SMILES string of the molecule is C(=N/Nc1ccc2ccccc2n1)/c1ccc(Sc2nc3ccccc3[nH]2)o1. The molecule has 0 radical (unpaired) electrons. The summed E-state index contributed by atoms with van der Waals surface area (Å²) in [7, 11) is 0. The molecule has 0 fully saturated rings. The zero-order valence-corrected chi connectivity index (χ0v) is 15.5.